The molecule has 0 radical (unpaired) electrons. The number of aromatic nitrogens is 2. The molecule has 0 saturated carbocycles. The fourth-order valence-electron chi connectivity index (χ4n) is 4.32. The maximum atomic E-state index is 14.3. The molecule has 0 unspecified atom stereocenters. The number of aliphatic hydroxyl groups excluding tert-OH is 1. The summed E-state index contributed by atoms with van der Waals surface area (Å²) >= 11 is 6.11. The first-order chi connectivity index (χ1) is 17.0. The number of carbonyl (C=O) groups excluding carboxylic acids is 1. The Kier molecular flexibility index (Phi) is 6.42. The molecule has 3 aromatic rings. The Labute approximate surface area is 206 Å². The SMILES string of the molecule is C[C@H]1CNCCN1c1ccc(Nc2ncc3c(n2)OCN(c2c(F)cccc2Cl)C3=O)cc1CO. The van der Waals surface area contributed by atoms with Crippen LogP contribution in [-0.2, 0) is 6.61 Å². The van der Waals surface area contributed by atoms with E-state index in [4.69, 9.17) is 16.3 Å². The number of para-hydroxylation sites is 1. The fourth-order valence-corrected chi connectivity index (χ4v) is 4.59. The Morgan fingerprint density at radius 3 is 2.97 bits per heavy atom. The van der Waals surface area contributed by atoms with Crippen LogP contribution in [0.15, 0.2) is 42.6 Å². The highest BCUT2D eigenvalue weighted by atomic mass is 35.5. The van der Waals surface area contributed by atoms with Crippen molar-refractivity contribution >= 4 is 40.5 Å². The fraction of sp³-hybridized carbons (Fsp3) is 0.292. The molecule has 1 fully saturated rings. The average Bonchev–Trinajstić information content (AvgIpc) is 2.85. The standard InChI is InChI=1S/C24H24ClFN6O3/c1-14-10-27-7-8-31(14)20-6-5-16(9-15(20)12-33)29-24-28-11-17-22(30-24)35-13-32(23(17)34)21-18(25)3-2-4-19(21)26/h2-6,9,11,14,27,33H,7-8,10,12-13H2,1H3,(H,28,29,30)/t14-/m0/s1. The number of fused-ring (bicyclic) bond motifs is 1. The molecule has 9 nitrogen and oxygen atoms in total. The van der Waals surface area contributed by atoms with E-state index in [0.717, 1.165) is 35.8 Å². The second kappa shape index (κ2) is 9.65. The van der Waals surface area contributed by atoms with Gasteiger partial charge in [0.25, 0.3) is 5.91 Å². The maximum Gasteiger partial charge on any atom is 0.268 e. The van der Waals surface area contributed by atoms with Crippen molar-refractivity contribution < 1.29 is 19.0 Å². The van der Waals surface area contributed by atoms with Crippen LogP contribution in [0.4, 0.5) is 27.4 Å². The van der Waals surface area contributed by atoms with Crippen LogP contribution >= 0.6 is 11.6 Å². The molecule has 1 saturated heterocycles. The second-order valence-electron chi connectivity index (χ2n) is 8.36. The van der Waals surface area contributed by atoms with Gasteiger partial charge >= 0.3 is 0 Å². The van der Waals surface area contributed by atoms with Crippen molar-refractivity contribution in [1.29, 1.82) is 0 Å². The van der Waals surface area contributed by atoms with E-state index in [0.29, 0.717) is 11.7 Å². The third kappa shape index (κ3) is 4.47. The lowest BCUT2D eigenvalue weighted by Crippen LogP contribution is -2.50. The highest BCUT2D eigenvalue weighted by Crippen LogP contribution is 2.34. The summed E-state index contributed by atoms with van der Waals surface area (Å²) in [6.45, 7) is 4.41. The molecule has 2 aliphatic rings. The summed E-state index contributed by atoms with van der Waals surface area (Å²) in [5.41, 5.74) is 2.50. The number of aliphatic hydroxyl groups is 1. The van der Waals surface area contributed by atoms with Gasteiger partial charge in [-0.15, -0.1) is 0 Å². The molecule has 182 valence electrons. The van der Waals surface area contributed by atoms with E-state index in [1.54, 1.807) is 0 Å². The van der Waals surface area contributed by atoms with Crippen LogP contribution in [0.5, 0.6) is 5.88 Å². The van der Waals surface area contributed by atoms with Crippen molar-refractivity contribution in [2.75, 3.05) is 41.5 Å². The molecule has 1 aromatic heterocycles. The predicted octanol–water partition coefficient (Wildman–Crippen LogP) is 3.30. The molecule has 0 aliphatic carbocycles. The van der Waals surface area contributed by atoms with Gasteiger partial charge in [-0.05, 0) is 37.3 Å². The normalized spacial score (nSPS) is 17.7. The maximum absolute atomic E-state index is 14.3. The number of anilines is 4. The topological polar surface area (TPSA) is 103 Å². The summed E-state index contributed by atoms with van der Waals surface area (Å²) in [7, 11) is 0. The number of carbonyl (C=O) groups is 1. The van der Waals surface area contributed by atoms with Crippen LogP contribution in [0.2, 0.25) is 5.02 Å². The summed E-state index contributed by atoms with van der Waals surface area (Å²) in [5, 5.41) is 16.5. The number of nitrogens with one attached hydrogen (secondary N) is 2. The molecular weight excluding hydrogens is 475 g/mol. The van der Waals surface area contributed by atoms with Crippen molar-refractivity contribution in [2.45, 2.75) is 19.6 Å². The van der Waals surface area contributed by atoms with Crippen LogP contribution < -0.4 is 25.2 Å². The van der Waals surface area contributed by atoms with E-state index in [9.17, 15) is 14.3 Å². The summed E-state index contributed by atoms with van der Waals surface area (Å²) in [4.78, 5) is 24.9. The third-order valence-corrected chi connectivity index (χ3v) is 6.39. The van der Waals surface area contributed by atoms with Crippen LogP contribution in [-0.4, -0.2) is 53.4 Å². The number of nitrogens with zero attached hydrogens (tertiary/aromatic N) is 4. The van der Waals surface area contributed by atoms with Gasteiger partial charge in [0.05, 0.1) is 11.6 Å². The highest BCUT2D eigenvalue weighted by molar-refractivity contribution is 6.34. The number of benzene rings is 2. The summed E-state index contributed by atoms with van der Waals surface area (Å²) in [6, 6.07) is 10.2. The number of amides is 1. The van der Waals surface area contributed by atoms with Gasteiger partial charge in [0, 0.05) is 48.8 Å². The molecule has 3 N–H and O–H groups in total. The molecule has 2 aliphatic heterocycles. The average molecular weight is 499 g/mol. The van der Waals surface area contributed by atoms with Gasteiger partial charge in [-0.25, -0.2) is 9.37 Å². The zero-order valence-corrected chi connectivity index (χ0v) is 19.7. The number of halogens is 2. The highest BCUT2D eigenvalue weighted by Gasteiger charge is 2.32. The Hall–Kier alpha value is -3.47. The molecule has 11 heteroatoms. The van der Waals surface area contributed by atoms with E-state index >= 15 is 0 Å². The monoisotopic (exact) mass is 498 g/mol. The lowest BCUT2D eigenvalue weighted by Gasteiger charge is -2.37. The zero-order valence-electron chi connectivity index (χ0n) is 19.0. The quantitative estimate of drug-likeness (QED) is 0.492. The molecule has 2 aromatic carbocycles. The van der Waals surface area contributed by atoms with Gasteiger partial charge in [-0.3, -0.25) is 9.69 Å². The zero-order chi connectivity index (χ0) is 24.5. The third-order valence-electron chi connectivity index (χ3n) is 6.08. The van der Waals surface area contributed by atoms with E-state index in [1.807, 2.05) is 18.2 Å². The van der Waals surface area contributed by atoms with Crippen molar-refractivity contribution in [3.8, 4) is 5.88 Å². The summed E-state index contributed by atoms with van der Waals surface area (Å²) < 4.78 is 20.0. The molecule has 1 amide bonds. The van der Waals surface area contributed by atoms with E-state index in [-0.39, 0.29) is 41.4 Å². The number of hydrogen-bond donors (Lipinski definition) is 3. The van der Waals surface area contributed by atoms with Gasteiger partial charge in [0.15, 0.2) is 6.73 Å². The van der Waals surface area contributed by atoms with Gasteiger partial charge in [0.2, 0.25) is 11.8 Å². The summed E-state index contributed by atoms with van der Waals surface area (Å²) in [6.07, 6.45) is 1.33. The van der Waals surface area contributed by atoms with Gasteiger partial charge in [-0.1, -0.05) is 17.7 Å². The van der Waals surface area contributed by atoms with Crippen LogP contribution in [0.25, 0.3) is 0 Å². The minimum Gasteiger partial charge on any atom is -0.455 e. The minimum absolute atomic E-state index is 0.0533. The van der Waals surface area contributed by atoms with Gasteiger partial charge in [0.1, 0.15) is 17.1 Å². The number of rotatable bonds is 5. The molecule has 3 heterocycles. The Morgan fingerprint density at radius 2 is 2.20 bits per heavy atom. The van der Waals surface area contributed by atoms with Crippen LogP contribution in [0, 0.1) is 5.82 Å². The van der Waals surface area contributed by atoms with Crippen molar-refractivity contribution in [3.63, 3.8) is 0 Å². The molecule has 35 heavy (non-hydrogen) atoms. The van der Waals surface area contributed by atoms with Crippen LogP contribution in [0.1, 0.15) is 22.8 Å². The van der Waals surface area contributed by atoms with Gasteiger partial charge < -0.3 is 25.4 Å². The number of piperazine rings is 1. The van der Waals surface area contributed by atoms with E-state index in [1.165, 1.54) is 24.4 Å². The van der Waals surface area contributed by atoms with Gasteiger partial charge in [-0.2, -0.15) is 4.98 Å². The van der Waals surface area contributed by atoms with E-state index in [2.05, 4.69) is 32.4 Å². The number of hydrogen-bond acceptors (Lipinski definition) is 8. The Morgan fingerprint density at radius 1 is 1.34 bits per heavy atom. The molecule has 0 bridgehead atoms. The number of ether oxygens (including phenoxy) is 1. The minimum atomic E-state index is -0.629. The molecule has 0 spiro atoms. The molecule has 5 rings (SSSR count). The summed E-state index contributed by atoms with van der Waals surface area (Å²) in [5.74, 6) is -0.830. The smallest absolute Gasteiger partial charge is 0.268 e. The lowest BCUT2D eigenvalue weighted by atomic mass is 10.1. The predicted molar refractivity (Wildman–Crippen MR) is 131 cm³/mol. The first kappa shape index (κ1) is 23.3. The first-order valence-electron chi connectivity index (χ1n) is 11.2. The first-order valence-corrected chi connectivity index (χ1v) is 11.6. The van der Waals surface area contributed by atoms with Crippen molar-refractivity contribution in [1.82, 2.24) is 15.3 Å². The van der Waals surface area contributed by atoms with Crippen molar-refractivity contribution in [3.05, 3.63) is 64.6 Å². The molecule has 1 atom stereocenters. The van der Waals surface area contributed by atoms with Crippen LogP contribution in [0.3, 0.4) is 0 Å². The second-order valence-corrected chi connectivity index (χ2v) is 8.77. The largest absolute Gasteiger partial charge is 0.455 e. The Balaban J connectivity index is 1.36. The molecular formula is C24H24ClFN6O3. The Bertz CT molecular complexity index is 1260. The van der Waals surface area contributed by atoms with E-state index < -0.39 is 11.7 Å². The lowest BCUT2D eigenvalue weighted by molar-refractivity contribution is 0.0931. The van der Waals surface area contributed by atoms with Crippen molar-refractivity contribution in [2.24, 2.45) is 0 Å².